The number of benzene rings is 1. The molecule has 1 fully saturated rings. The molecule has 0 radical (unpaired) electrons. The first-order valence-corrected chi connectivity index (χ1v) is 7.04. The van der Waals surface area contributed by atoms with Gasteiger partial charge >= 0.3 is 0 Å². The minimum absolute atomic E-state index is 0.0852. The molecule has 1 aliphatic heterocycles. The molecule has 0 bridgehead atoms. The number of nitrogens with one attached hydrogen (secondary N) is 1. The third-order valence-corrected chi connectivity index (χ3v) is 3.75. The summed E-state index contributed by atoms with van der Waals surface area (Å²) in [5.41, 5.74) is 2.45. The van der Waals surface area contributed by atoms with Gasteiger partial charge in [-0.05, 0) is 26.0 Å². The molecule has 3 rings (SSSR count). The van der Waals surface area contributed by atoms with Gasteiger partial charge < -0.3 is 10.2 Å². The van der Waals surface area contributed by atoms with Crippen molar-refractivity contribution in [3.05, 3.63) is 41.6 Å². The Morgan fingerprint density at radius 2 is 2.20 bits per heavy atom. The van der Waals surface area contributed by atoms with Crippen molar-refractivity contribution in [2.45, 2.75) is 19.9 Å². The SMILES string of the molecule is Cc1ccc2cccc(C(=O)N3CCN[C@H](C)C3)c2n1. The number of nitrogens with zero attached hydrogens (tertiary/aromatic N) is 2. The van der Waals surface area contributed by atoms with E-state index in [1.54, 1.807) is 0 Å². The molecule has 20 heavy (non-hydrogen) atoms. The van der Waals surface area contributed by atoms with Crippen molar-refractivity contribution in [2.24, 2.45) is 0 Å². The van der Waals surface area contributed by atoms with Crippen LogP contribution in [-0.2, 0) is 0 Å². The topological polar surface area (TPSA) is 45.2 Å². The molecule has 2 aromatic rings. The van der Waals surface area contributed by atoms with Crippen molar-refractivity contribution in [3.63, 3.8) is 0 Å². The van der Waals surface area contributed by atoms with Gasteiger partial charge in [0.25, 0.3) is 5.91 Å². The number of para-hydroxylation sites is 1. The monoisotopic (exact) mass is 269 g/mol. The first-order chi connectivity index (χ1) is 9.65. The third kappa shape index (κ3) is 2.39. The minimum Gasteiger partial charge on any atom is -0.336 e. The Balaban J connectivity index is 2.00. The van der Waals surface area contributed by atoms with E-state index in [2.05, 4.69) is 17.2 Å². The van der Waals surface area contributed by atoms with Crippen LogP contribution in [0.4, 0.5) is 0 Å². The summed E-state index contributed by atoms with van der Waals surface area (Å²) < 4.78 is 0. The summed E-state index contributed by atoms with van der Waals surface area (Å²) >= 11 is 0. The fourth-order valence-corrected chi connectivity index (χ4v) is 2.70. The van der Waals surface area contributed by atoms with Crippen LogP contribution in [-0.4, -0.2) is 41.5 Å². The van der Waals surface area contributed by atoms with E-state index in [0.717, 1.165) is 36.2 Å². The Kier molecular flexibility index (Phi) is 3.40. The van der Waals surface area contributed by atoms with Crippen molar-refractivity contribution in [3.8, 4) is 0 Å². The van der Waals surface area contributed by atoms with E-state index in [1.165, 1.54) is 0 Å². The minimum atomic E-state index is 0.0852. The van der Waals surface area contributed by atoms with Crippen molar-refractivity contribution in [1.29, 1.82) is 0 Å². The standard InChI is InChI=1S/C16H19N3O/c1-11-6-7-13-4-3-5-14(15(13)18-11)16(20)19-9-8-17-12(2)10-19/h3-7,12,17H,8-10H2,1-2H3/t12-/m1/s1. The molecule has 1 atom stereocenters. The van der Waals surface area contributed by atoms with E-state index in [0.29, 0.717) is 11.6 Å². The Labute approximate surface area is 118 Å². The van der Waals surface area contributed by atoms with E-state index in [1.807, 2.05) is 42.2 Å². The molecule has 4 nitrogen and oxygen atoms in total. The number of piperazine rings is 1. The second kappa shape index (κ2) is 5.21. The zero-order valence-electron chi connectivity index (χ0n) is 11.9. The summed E-state index contributed by atoms with van der Waals surface area (Å²) in [6, 6.07) is 10.1. The maximum absolute atomic E-state index is 12.7. The van der Waals surface area contributed by atoms with E-state index in [9.17, 15) is 4.79 Å². The lowest BCUT2D eigenvalue weighted by Gasteiger charge is -2.32. The van der Waals surface area contributed by atoms with Gasteiger partial charge in [-0.1, -0.05) is 18.2 Å². The molecular formula is C16H19N3O. The van der Waals surface area contributed by atoms with E-state index < -0.39 is 0 Å². The van der Waals surface area contributed by atoms with Crippen molar-refractivity contribution in [2.75, 3.05) is 19.6 Å². The number of hydrogen-bond acceptors (Lipinski definition) is 3. The number of aromatic nitrogens is 1. The average molecular weight is 269 g/mol. The zero-order valence-corrected chi connectivity index (χ0v) is 11.9. The van der Waals surface area contributed by atoms with Gasteiger partial charge in [-0.15, -0.1) is 0 Å². The molecule has 1 aromatic heterocycles. The second-order valence-corrected chi connectivity index (χ2v) is 5.44. The highest BCUT2D eigenvalue weighted by Crippen LogP contribution is 2.19. The molecule has 104 valence electrons. The summed E-state index contributed by atoms with van der Waals surface area (Å²) in [6.45, 7) is 6.41. The summed E-state index contributed by atoms with van der Waals surface area (Å²) in [7, 11) is 0. The van der Waals surface area contributed by atoms with Crippen LogP contribution in [0.3, 0.4) is 0 Å². The first-order valence-electron chi connectivity index (χ1n) is 7.04. The molecular weight excluding hydrogens is 250 g/mol. The Morgan fingerprint density at radius 3 is 3.00 bits per heavy atom. The number of carbonyl (C=O) groups is 1. The highest BCUT2D eigenvalue weighted by molar-refractivity contribution is 6.05. The number of pyridine rings is 1. The summed E-state index contributed by atoms with van der Waals surface area (Å²) in [4.78, 5) is 19.2. The van der Waals surface area contributed by atoms with Crippen LogP contribution in [0.15, 0.2) is 30.3 Å². The van der Waals surface area contributed by atoms with Gasteiger partial charge in [0.15, 0.2) is 0 Å². The highest BCUT2D eigenvalue weighted by Gasteiger charge is 2.23. The Morgan fingerprint density at radius 1 is 1.35 bits per heavy atom. The number of fused-ring (bicyclic) bond motifs is 1. The van der Waals surface area contributed by atoms with Crippen LogP contribution in [0.25, 0.3) is 10.9 Å². The predicted molar refractivity (Wildman–Crippen MR) is 79.8 cm³/mol. The Hall–Kier alpha value is -1.94. The third-order valence-electron chi connectivity index (χ3n) is 3.75. The van der Waals surface area contributed by atoms with Gasteiger partial charge in [-0.2, -0.15) is 0 Å². The fourth-order valence-electron chi connectivity index (χ4n) is 2.70. The van der Waals surface area contributed by atoms with Crippen LogP contribution < -0.4 is 5.32 Å². The molecule has 2 heterocycles. The summed E-state index contributed by atoms with van der Waals surface area (Å²) in [5, 5.41) is 4.37. The second-order valence-electron chi connectivity index (χ2n) is 5.44. The molecule has 1 aliphatic rings. The first kappa shape index (κ1) is 13.1. The molecule has 1 aromatic carbocycles. The smallest absolute Gasteiger partial charge is 0.256 e. The van der Waals surface area contributed by atoms with Crippen LogP contribution in [0.1, 0.15) is 23.0 Å². The molecule has 1 saturated heterocycles. The fraction of sp³-hybridized carbons (Fsp3) is 0.375. The molecule has 0 saturated carbocycles. The molecule has 1 amide bonds. The summed E-state index contributed by atoms with van der Waals surface area (Å²) in [5.74, 6) is 0.0852. The van der Waals surface area contributed by atoms with Crippen LogP contribution in [0.5, 0.6) is 0 Å². The van der Waals surface area contributed by atoms with E-state index in [4.69, 9.17) is 0 Å². The van der Waals surface area contributed by atoms with Crippen LogP contribution in [0, 0.1) is 6.92 Å². The van der Waals surface area contributed by atoms with Gasteiger partial charge in [-0.25, -0.2) is 0 Å². The van der Waals surface area contributed by atoms with Gasteiger partial charge in [0.2, 0.25) is 0 Å². The van der Waals surface area contributed by atoms with E-state index >= 15 is 0 Å². The lowest BCUT2D eigenvalue weighted by atomic mass is 10.1. The van der Waals surface area contributed by atoms with Crippen molar-refractivity contribution >= 4 is 16.8 Å². The number of carbonyl (C=O) groups excluding carboxylic acids is 1. The number of rotatable bonds is 1. The Bertz CT molecular complexity index is 653. The van der Waals surface area contributed by atoms with Gasteiger partial charge in [0, 0.05) is 36.8 Å². The van der Waals surface area contributed by atoms with Crippen molar-refractivity contribution in [1.82, 2.24) is 15.2 Å². The van der Waals surface area contributed by atoms with Crippen LogP contribution in [0.2, 0.25) is 0 Å². The lowest BCUT2D eigenvalue weighted by molar-refractivity contribution is 0.0711. The van der Waals surface area contributed by atoms with Gasteiger partial charge in [0.1, 0.15) is 0 Å². The van der Waals surface area contributed by atoms with Crippen LogP contribution >= 0.6 is 0 Å². The van der Waals surface area contributed by atoms with Gasteiger partial charge in [0.05, 0.1) is 11.1 Å². The number of aryl methyl sites for hydroxylation is 1. The van der Waals surface area contributed by atoms with E-state index in [-0.39, 0.29) is 5.91 Å². The number of hydrogen-bond donors (Lipinski definition) is 1. The zero-order chi connectivity index (χ0) is 14.1. The highest BCUT2D eigenvalue weighted by atomic mass is 16.2. The largest absolute Gasteiger partial charge is 0.336 e. The lowest BCUT2D eigenvalue weighted by Crippen LogP contribution is -2.51. The normalized spacial score (nSPS) is 19.3. The summed E-state index contributed by atoms with van der Waals surface area (Å²) in [6.07, 6.45) is 0. The maximum Gasteiger partial charge on any atom is 0.256 e. The van der Waals surface area contributed by atoms with Crippen molar-refractivity contribution < 1.29 is 4.79 Å². The average Bonchev–Trinajstić information content (AvgIpc) is 2.46. The molecule has 0 aliphatic carbocycles. The van der Waals surface area contributed by atoms with Gasteiger partial charge in [-0.3, -0.25) is 9.78 Å². The predicted octanol–water partition coefficient (Wildman–Crippen LogP) is 1.98. The molecule has 0 spiro atoms. The number of amides is 1. The molecule has 4 heteroatoms. The maximum atomic E-state index is 12.7. The molecule has 0 unspecified atom stereocenters. The quantitative estimate of drug-likeness (QED) is 0.861. The molecule has 1 N–H and O–H groups in total.